The molecule has 3 aromatic rings. The molecule has 5 nitrogen and oxygen atoms in total. The maximum atomic E-state index is 5.94. The Morgan fingerprint density at radius 1 is 0.926 bits per heavy atom. The van der Waals surface area contributed by atoms with Crippen molar-refractivity contribution >= 4 is 11.0 Å². The fourth-order valence-corrected chi connectivity index (χ4v) is 3.73. The number of nitrogens with zero attached hydrogens (tertiary/aromatic N) is 4. The second kappa shape index (κ2) is 8.55. The monoisotopic (exact) mass is 364 g/mol. The number of hydrogen-bond donors (Lipinski definition) is 0. The molecule has 2 heterocycles. The molecule has 27 heavy (non-hydrogen) atoms. The van der Waals surface area contributed by atoms with Crippen molar-refractivity contribution in [2.24, 2.45) is 0 Å². The number of para-hydroxylation sites is 3. The van der Waals surface area contributed by atoms with Gasteiger partial charge in [-0.05, 0) is 50.8 Å². The fourth-order valence-electron chi connectivity index (χ4n) is 3.73. The molecule has 1 saturated heterocycles. The van der Waals surface area contributed by atoms with E-state index in [0.717, 1.165) is 49.8 Å². The molecule has 5 heteroatoms. The Labute approximate surface area is 161 Å². The molecular weight excluding hydrogens is 336 g/mol. The molecule has 0 unspecified atom stereocenters. The molecule has 1 fully saturated rings. The van der Waals surface area contributed by atoms with Gasteiger partial charge >= 0.3 is 0 Å². The first kappa shape index (κ1) is 18.0. The Morgan fingerprint density at radius 2 is 1.74 bits per heavy atom. The molecule has 2 aromatic carbocycles. The van der Waals surface area contributed by atoms with E-state index in [4.69, 9.17) is 9.72 Å². The molecule has 0 saturated carbocycles. The van der Waals surface area contributed by atoms with Crippen molar-refractivity contribution in [1.29, 1.82) is 0 Å². The molecule has 1 aliphatic heterocycles. The summed E-state index contributed by atoms with van der Waals surface area (Å²) in [7, 11) is 2.21. The molecule has 0 aliphatic carbocycles. The minimum atomic E-state index is 0.639. The van der Waals surface area contributed by atoms with Gasteiger partial charge in [-0.2, -0.15) is 0 Å². The first-order chi connectivity index (χ1) is 13.3. The molecule has 0 atom stereocenters. The van der Waals surface area contributed by atoms with E-state index < -0.39 is 0 Å². The van der Waals surface area contributed by atoms with Gasteiger partial charge in [0.15, 0.2) is 0 Å². The van der Waals surface area contributed by atoms with Gasteiger partial charge in [0.05, 0.1) is 24.1 Å². The van der Waals surface area contributed by atoms with Crippen LogP contribution in [-0.4, -0.2) is 59.2 Å². The lowest BCUT2D eigenvalue weighted by atomic mass is 10.3. The lowest BCUT2D eigenvalue weighted by Crippen LogP contribution is -2.30. The lowest BCUT2D eigenvalue weighted by Gasteiger charge is -2.20. The summed E-state index contributed by atoms with van der Waals surface area (Å²) in [5, 5.41) is 0. The first-order valence-corrected chi connectivity index (χ1v) is 9.82. The fraction of sp³-hybridized carbons (Fsp3) is 0.409. The zero-order valence-electron chi connectivity index (χ0n) is 16.1. The highest BCUT2D eigenvalue weighted by Gasteiger charge is 2.17. The Kier molecular flexibility index (Phi) is 5.70. The summed E-state index contributed by atoms with van der Waals surface area (Å²) in [6, 6.07) is 18.4. The second-order valence-corrected chi connectivity index (χ2v) is 7.26. The van der Waals surface area contributed by atoms with Crippen LogP contribution < -0.4 is 4.74 Å². The number of benzene rings is 2. The van der Waals surface area contributed by atoms with Crippen LogP contribution in [0.4, 0.5) is 0 Å². The number of aromatic nitrogens is 2. The van der Waals surface area contributed by atoms with E-state index in [1.165, 1.54) is 18.5 Å². The first-order valence-electron chi connectivity index (χ1n) is 9.82. The van der Waals surface area contributed by atoms with Crippen molar-refractivity contribution in [3.63, 3.8) is 0 Å². The standard InChI is InChI=1S/C22H28N4O/c1-24-12-7-13-25(15-14-24)18-22-23-20-10-5-6-11-21(20)26(22)16-17-27-19-8-3-2-4-9-19/h2-6,8-11H,7,12-18H2,1H3. The maximum Gasteiger partial charge on any atom is 0.124 e. The van der Waals surface area contributed by atoms with E-state index in [-0.39, 0.29) is 0 Å². The van der Waals surface area contributed by atoms with Crippen molar-refractivity contribution in [1.82, 2.24) is 19.4 Å². The summed E-state index contributed by atoms with van der Waals surface area (Å²) in [5.41, 5.74) is 2.26. The minimum Gasteiger partial charge on any atom is -0.492 e. The third kappa shape index (κ3) is 4.49. The average Bonchev–Trinajstić information content (AvgIpc) is 2.90. The van der Waals surface area contributed by atoms with E-state index >= 15 is 0 Å². The van der Waals surface area contributed by atoms with Gasteiger partial charge in [-0.15, -0.1) is 0 Å². The maximum absolute atomic E-state index is 5.94. The van der Waals surface area contributed by atoms with Crippen LogP contribution in [0.1, 0.15) is 12.2 Å². The molecule has 0 bridgehead atoms. The van der Waals surface area contributed by atoms with Crippen LogP contribution in [0.25, 0.3) is 11.0 Å². The smallest absolute Gasteiger partial charge is 0.124 e. The molecule has 0 amide bonds. The van der Waals surface area contributed by atoms with E-state index in [0.29, 0.717) is 6.61 Å². The summed E-state index contributed by atoms with van der Waals surface area (Å²) < 4.78 is 8.26. The van der Waals surface area contributed by atoms with Crippen molar-refractivity contribution in [3.8, 4) is 5.75 Å². The number of imidazole rings is 1. The summed E-state index contributed by atoms with van der Waals surface area (Å²) in [6.07, 6.45) is 1.22. The van der Waals surface area contributed by atoms with Gasteiger partial charge in [0, 0.05) is 13.1 Å². The third-order valence-corrected chi connectivity index (χ3v) is 5.24. The largest absolute Gasteiger partial charge is 0.492 e. The summed E-state index contributed by atoms with van der Waals surface area (Å²) in [5.74, 6) is 2.05. The van der Waals surface area contributed by atoms with Gasteiger partial charge in [-0.1, -0.05) is 30.3 Å². The normalized spacial score (nSPS) is 16.5. The Balaban J connectivity index is 1.50. The molecule has 0 spiro atoms. The minimum absolute atomic E-state index is 0.639. The number of likely N-dealkylation sites (N-methyl/N-ethyl adjacent to an activating group) is 1. The highest BCUT2D eigenvalue weighted by atomic mass is 16.5. The van der Waals surface area contributed by atoms with Crippen molar-refractivity contribution in [2.75, 3.05) is 39.8 Å². The zero-order chi connectivity index (χ0) is 18.5. The van der Waals surface area contributed by atoms with Crippen LogP contribution in [0, 0.1) is 0 Å². The number of fused-ring (bicyclic) bond motifs is 1. The highest BCUT2D eigenvalue weighted by molar-refractivity contribution is 5.75. The summed E-state index contributed by atoms with van der Waals surface area (Å²) >= 11 is 0. The van der Waals surface area contributed by atoms with E-state index in [2.05, 4.69) is 45.7 Å². The van der Waals surface area contributed by atoms with Crippen molar-refractivity contribution < 1.29 is 4.74 Å². The highest BCUT2D eigenvalue weighted by Crippen LogP contribution is 2.18. The van der Waals surface area contributed by atoms with E-state index in [9.17, 15) is 0 Å². The van der Waals surface area contributed by atoms with Crippen LogP contribution in [0.2, 0.25) is 0 Å². The third-order valence-electron chi connectivity index (χ3n) is 5.24. The summed E-state index contributed by atoms with van der Waals surface area (Å²) in [6.45, 7) is 6.87. The van der Waals surface area contributed by atoms with Gasteiger partial charge in [0.2, 0.25) is 0 Å². The molecule has 0 N–H and O–H groups in total. The second-order valence-electron chi connectivity index (χ2n) is 7.26. The van der Waals surface area contributed by atoms with Crippen LogP contribution >= 0.6 is 0 Å². The van der Waals surface area contributed by atoms with Crippen LogP contribution in [0.3, 0.4) is 0 Å². The van der Waals surface area contributed by atoms with Gasteiger partial charge in [-0.3, -0.25) is 4.90 Å². The van der Waals surface area contributed by atoms with Crippen LogP contribution in [0.15, 0.2) is 54.6 Å². The SMILES string of the molecule is CN1CCCN(Cc2nc3ccccc3n2CCOc2ccccc2)CC1. The van der Waals surface area contributed by atoms with Gasteiger partial charge in [0.25, 0.3) is 0 Å². The van der Waals surface area contributed by atoms with E-state index in [1.807, 2.05) is 30.3 Å². The van der Waals surface area contributed by atoms with Crippen molar-refractivity contribution in [3.05, 3.63) is 60.4 Å². The van der Waals surface area contributed by atoms with Gasteiger partial charge < -0.3 is 14.2 Å². The molecule has 0 radical (unpaired) electrons. The molecule has 1 aliphatic rings. The summed E-state index contributed by atoms with van der Waals surface area (Å²) in [4.78, 5) is 9.87. The Morgan fingerprint density at radius 3 is 2.63 bits per heavy atom. The van der Waals surface area contributed by atoms with Crippen LogP contribution in [0.5, 0.6) is 5.75 Å². The molecule has 1 aromatic heterocycles. The lowest BCUT2D eigenvalue weighted by molar-refractivity contribution is 0.254. The number of rotatable bonds is 6. The van der Waals surface area contributed by atoms with E-state index in [1.54, 1.807) is 0 Å². The average molecular weight is 364 g/mol. The van der Waals surface area contributed by atoms with Crippen LogP contribution in [-0.2, 0) is 13.1 Å². The molecular formula is C22H28N4O. The predicted octanol–water partition coefficient (Wildman–Crippen LogP) is 3.25. The van der Waals surface area contributed by atoms with Gasteiger partial charge in [-0.25, -0.2) is 4.98 Å². The molecule has 142 valence electrons. The Bertz CT molecular complexity index is 861. The Hall–Kier alpha value is -2.37. The number of hydrogen-bond acceptors (Lipinski definition) is 4. The molecule has 4 rings (SSSR count). The quantitative estimate of drug-likeness (QED) is 0.672. The van der Waals surface area contributed by atoms with Crippen molar-refractivity contribution in [2.45, 2.75) is 19.5 Å². The topological polar surface area (TPSA) is 33.5 Å². The zero-order valence-corrected chi connectivity index (χ0v) is 16.1. The predicted molar refractivity (Wildman–Crippen MR) is 109 cm³/mol. The van der Waals surface area contributed by atoms with Gasteiger partial charge in [0.1, 0.15) is 18.2 Å². The number of ether oxygens (including phenoxy) is 1.